The maximum absolute atomic E-state index is 9.19. The molecule has 1 rings (SSSR count). The van der Waals surface area contributed by atoms with Crippen LogP contribution >= 0.6 is 23.4 Å². The van der Waals surface area contributed by atoms with Gasteiger partial charge in [0.25, 0.3) is 0 Å². The van der Waals surface area contributed by atoms with E-state index >= 15 is 0 Å². The Morgan fingerprint density at radius 1 is 1.50 bits per heavy atom. The van der Waals surface area contributed by atoms with Crippen molar-refractivity contribution in [2.24, 2.45) is 0 Å². The van der Waals surface area contributed by atoms with Crippen LogP contribution in [0.15, 0.2) is 23.1 Å². The van der Waals surface area contributed by atoms with Crippen LogP contribution in [-0.4, -0.2) is 11.4 Å². The van der Waals surface area contributed by atoms with E-state index in [4.69, 9.17) is 11.6 Å². The SMILES string of the molecule is CSc1c(O)cccc1Cl. The van der Waals surface area contributed by atoms with E-state index in [1.165, 1.54) is 11.8 Å². The zero-order chi connectivity index (χ0) is 7.56. The van der Waals surface area contributed by atoms with Crippen LogP contribution in [0.3, 0.4) is 0 Å². The van der Waals surface area contributed by atoms with Gasteiger partial charge in [-0.2, -0.15) is 0 Å². The lowest BCUT2D eigenvalue weighted by Gasteiger charge is -2.00. The highest BCUT2D eigenvalue weighted by molar-refractivity contribution is 7.98. The van der Waals surface area contributed by atoms with Crippen molar-refractivity contribution < 1.29 is 5.11 Å². The van der Waals surface area contributed by atoms with Crippen molar-refractivity contribution in [2.45, 2.75) is 4.90 Å². The number of halogens is 1. The summed E-state index contributed by atoms with van der Waals surface area (Å²) in [5, 5.41) is 9.79. The van der Waals surface area contributed by atoms with Gasteiger partial charge in [0.1, 0.15) is 5.75 Å². The van der Waals surface area contributed by atoms with E-state index in [1.807, 2.05) is 6.26 Å². The molecule has 1 N–H and O–H groups in total. The first-order valence-corrected chi connectivity index (χ1v) is 4.37. The van der Waals surface area contributed by atoms with Crippen molar-refractivity contribution in [3.05, 3.63) is 23.2 Å². The molecule has 3 heteroatoms. The highest BCUT2D eigenvalue weighted by Gasteiger charge is 2.02. The fourth-order valence-corrected chi connectivity index (χ4v) is 1.64. The van der Waals surface area contributed by atoms with E-state index in [0.717, 1.165) is 4.90 Å². The lowest BCUT2D eigenvalue weighted by atomic mass is 10.3. The predicted octanol–water partition coefficient (Wildman–Crippen LogP) is 2.77. The fourth-order valence-electron chi connectivity index (χ4n) is 0.700. The summed E-state index contributed by atoms with van der Waals surface area (Å²) in [6, 6.07) is 5.10. The average molecular weight is 175 g/mol. The molecule has 1 aromatic carbocycles. The van der Waals surface area contributed by atoms with Crippen molar-refractivity contribution in [1.29, 1.82) is 0 Å². The van der Waals surface area contributed by atoms with Crippen molar-refractivity contribution in [3.8, 4) is 5.75 Å². The third-order valence-corrected chi connectivity index (χ3v) is 2.41. The van der Waals surface area contributed by atoms with Crippen LogP contribution in [0, 0.1) is 0 Å². The maximum atomic E-state index is 9.19. The molecule has 0 bridgehead atoms. The van der Waals surface area contributed by atoms with Crippen LogP contribution in [0.1, 0.15) is 0 Å². The molecule has 54 valence electrons. The van der Waals surface area contributed by atoms with E-state index in [-0.39, 0.29) is 5.75 Å². The minimum atomic E-state index is 0.250. The smallest absolute Gasteiger partial charge is 0.130 e. The Kier molecular flexibility index (Phi) is 2.46. The topological polar surface area (TPSA) is 20.2 Å². The first-order valence-electron chi connectivity index (χ1n) is 2.77. The Morgan fingerprint density at radius 2 is 2.20 bits per heavy atom. The van der Waals surface area contributed by atoms with Gasteiger partial charge < -0.3 is 5.11 Å². The standard InChI is InChI=1S/C7H7ClOS/c1-10-7-5(8)3-2-4-6(7)9/h2-4,9H,1H3. The average Bonchev–Trinajstić information content (AvgIpc) is 1.88. The largest absolute Gasteiger partial charge is 0.507 e. The van der Waals surface area contributed by atoms with Gasteiger partial charge in [0.05, 0.1) is 9.92 Å². The molecule has 0 aromatic heterocycles. The number of phenols is 1. The number of thioether (sulfide) groups is 1. The molecular weight excluding hydrogens is 168 g/mol. The van der Waals surface area contributed by atoms with Gasteiger partial charge in [0.2, 0.25) is 0 Å². The second-order valence-electron chi connectivity index (χ2n) is 1.79. The van der Waals surface area contributed by atoms with Crippen molar-refractivity contribution in [3.63, 3.8) is 0 Å². The van der Waals surface area contributed by atoms with Gasteiger partial charge in [-0.25, -0.2) is 0 Å². The first kappa shape index (κ1) is 7.76. The first-order chi connectivity index (χ1) is 4.75. The van der Waals surface area contributed by atoms with E-state index in [0.29, 0.717) is 5.02 Å². The Morgan fingerprint density at radius 3 is 2.60 bits per heavy atom. The molecule has 0 aliphatic carbocycles. The van der Waals surface area contributed by atoms with Crippen LogP contribution in [-0.2, 0) is 0 Å². The molecular formula is C7H7ClOS. The van der Waals surface area contributed by atoms with Crippen LogP contribution in [0.5, 0.6) is 5.75 Å². The molecule has 0 saturated heterocycles. The summed E-state index contributed by atoms with van der Waals surface area (Å²) >= 11 is 7.19. The zero-order valence-corrected chi connectivity index (χ0v) is 7.04. The molecule has 0 saturated carbocycles. The predicted molar refractivity (Wildman–Crippen MR) is 44.9 cm³/mol. The minimum absolute atomic E-state index is 0.250. The van der Waals surface area contributed by atoms with Crippen LogP contribution in [0.4, 0.5) is 0 Å². The molecule has 0 aliphatic rings. The lowest BCUT2D eigenvalue weighted by molar-refractivity contribution is 0.462. The van der Waals surface area contributed by atoms with Crippen molar-refractivity contribution >= 4 is 23.4 Å². The Hall–Kier alpha value is -0.340. The summed E-state index contributed by atoms with van der Waals surface area (Å²) in [7, 11) is 0. The van der Waals surface area contributed by atoms with Crippen molar-refractivity contribution in [1.82, 2.24) is 0 Å². The zero-order valence-electron chi connectivity index (χ0n) is 5.47. The second-order valence-corrected chi connectivity index (χ2v) is 3.02. The summed E-state index contributed by atoms with van der Waals surface area (Å²) in [5.41, 5.74) is 0. The maximum Gasteiger partial charge on any atom is 0.130 e. The van der Waals surface area contributed by atoms with Crippen molar-refractivity contribution in [2.75, 3.05) is 6.26 Å². The summed E-state index contributed by atoms with van der Waals surface area (Å²) in [5.74, 6) is 0.250. The molecule has 0 amide bonds. The van der Waals surface area contributed by atoms with E-state index in [9.17, 15) is 5.11 Å². The van der Waals surface area contributed by atoms with Crippen LogP contribution in [0.25, 0.3) is 0 Å². The van der Waals surface area contributed by atoms with Gasteiger partial charge >= 0.3 is 0 Å². The number of benzene rings is 1. The summed E-state index contributed by atoms with van der Waals surface area (Å²) < 4.78 is 0. The summed E-state index contributed by atoms with van der Waals surface area (Å²) in [4.78, 5) is 0.740. The van der Waals surface area contributed by atoms with Gasteiger partial charge in [0.15, 0.2) is 0 Å². The molecule has 1 aromatic rings. The lowest BCUT2D eigenvalue weighted by Crippen LogP contribution is -1.73. The van der Waals surface area contributed by atoms with Crippen LogP contribution < -0.4 is 0 Å². The fraction of sp³-hybridized carbons (Fsp3) is 0.143. The Labute approximate surface area is 69.0 Å². The molecule has 0 radical (unpaired) electrons. The van der Waals surface area contributed by atoms with Gasteiger partial charge in [0, 0.05) is 0 Å². The van der Waals surface area contributed by atoms with Gasteiger partial charge in [-0.15, -0.1) is 11.8 Å². The summed E-state index contributed by atoms with van der Waals surface area (Å²) in [6.07, 6.45) is 1.88. The molecule has 0 fully saturated rings. The molecule has 0 unspecified atom stereocenters. The Balaban J connectivity index is 3.17. The summed E-state index contributed by atoms with van der Waals surface area (Å²) in [6.45, 7) is 0. The number of hydrogen-bond donors (Lipinski definition) is 1. The van der Waals surface area contributed by atoms with Gasteiger partial charge in [-0.05, 0) is 18.4 Å². The molecule has 1 nitrogen and oxygen atoms in total. The Bertz CT molecular complexity index is 217. The van der Waals surface area contributed by atoms with E-state index < -0.39 is 0 Å². The third kappa shape index (κ3) is 1.39. The highest BCUT2D eigenvalue weighted by atomic mass is 35.5. The number of rotatable bonds is 1. The number of hydrogen-bond acceptors (Lipinski definition) is 2. The van der Waals surface area contributed by atoms with E-state index in [1.54, 1.807) is 18.2 Å². The van der Waals surface area contributed by atoms with Gasteiger partial charge in [-0.1, -0.05) is 17.7 Å². The number of aromatic hydroxyl groups is 1. The van der Waals surface area contributed by atoms with Gasteiger partial charge in [-0.3, -0.25) is 0 Å². The minimum Gasteiger partial charge on any atom is -0.507 e. The highest BCUT2D eigenvalue weighted by Crippen LogP contribution is 2.32. The molecule has 0 atom stereocenters. The molecule has 0 heterocycles. The van der Waals surface area contributed by atoms with E-state index in [2.05, 4.69) is 0 Å². The normalized spacial score (nSPS) is 9.80. The third-order valence-electron chi connectivity index (χ3n) is 1.15. The molecule has 0 aliphatic heterocycles. The quantitative estimate of drug-likeness (QED) is 0.661. The number of phenolic OH excluding ortho intramolecular Hbond substituents is 1. The monoisotopic (exact) mass is 174 g/mol. The molecule has 10 heavy (non-hydrogen) atoms. The molecule has 0 spiro atoms. The second kappa shape index (κ2) is 3.17. The van der Waals surface area contributed by atoms with Crippen LogP contribution in [0.2, 0.25) is 5.02 Å².